The molecule has 1 saturated heterocycles. The highest BCUT2D eigenvalue weighted by atomic mass is 16.1. The first-order valence-electron chi connectivity index (χ1n) is 9.01. The van der Waals surface area contributed by atoms with E-state index in [4.69, 9.17) is 0 Å². The van der Waals surface area contributed by atoms with Gasteiger partial charge in [0, 0.05) is 38.6 Å². The molecule has 7 heteroatoms. The molecular weight excluding hydrogens is 328 g/mol. The number of hydrogen-bond donors (Lipinski definition) is 1. The molecule has 1 atom stereocenters. The predicted molar refractivity (Wildman–Crippen MR) is 99.7 cm³/mol. The minimum absolute atomic E-state index is 0.0212. The third-order valence-corrected chi connectivity index (χ3v) is 4.81. The number of carbonyl (C=O) groups is 1. The fourth-order valence-electron chi connectivity index (χ4n) is 3.46. The van der Waals surface area contributed by atoms with Crippen LogP contribution < -0.4 is 10.2 Å². The van der Waals surface area contributed by atoms with Gasteiger partial charge in [-0.25, -0.2) is 15.0 Å². The van der Waals surface area contributed by atoms with Crippen molar-refractivity contribution in [2.75, 3.05) is 24.5 Å². The zero-order valence-corrected chi connectivity index (χ0v) is 14.6. The number of rotatable bonds is 5. The summed E-state index contributed by atoms with van der Waals surface area (Å²) in [5.41, 5.74) is 2.07. The summed E-state index contributed by atoms with van der Waals surface area (Å²) in [5.74, 6) is 0.789. The van der Waals surface area contributed by atoms with Gasteiger partial charge in [0.2, 0.25) is 11.9 Å². The Bertz CT molecular complexity index is 878. The van der Waals surface area contributed by atoms with Gasteiger partial charge >= 0.3 is 0 Å². The van der Waals surface area contributed by atoms with Crippen LogP contribution >= 0.6 is 0 Å². The molecule has 134 valence electrons. The fourth-order valence-corrected chi connectivity index (χ4v) is 3.46. The zero-order chi connectivity index (χ0) is 17.8. The molecule has 0 radical (unpaired) electrons. The maximum Gasteiger partial charge on any atom is 0.225 e. The van der Waals surface area contributed by atoms with E-state index in [0.29, 0.717) is 25.6 Å². The summed E-state index contributed by atoms with van der Waals surface area (Å²) >= 11 is 0. The van der Waals surface area contributed by atoms with Crippen LogP contribution in [0.3, 0.4) is 0 Å². The van der Waals surface area contributed by atoms with Crippen molar-refractivity contribution in [3.63, 3.8) is 0 Å². The second-order valence-corrected chi connectivity index (χ2v) is 6.55. The van der Waals surface area contributed by atoms with Gasteiger partial charge in [-0.3, -0.25) is 4.79 Å². The van der Waals surface area contributed by atoms with Crippen molar-refractivity contribution in [1.82, 2.24) is 24.8 Å². The minimum Gasteiger partial charge on any atom is -0.354 e. The van der Waals surface area contributed by atoms with Crippen LogP contribution in [0.15, 0.2) is 49.1 Å². The first-order valence-corrected chi connectivity index (χ1v) is 9.01. The lowest BCUT2D eigenvalue weighted by atomic mass is 9.97. The number of para-hydroxylation sites is 2. The van der Waals surface area contributed by atoms with Crippen LogP contribution in [0, 0.1) is 5.92 Å². The molecule has 2 aromatic heterocycles. The largest absolute Gasteiger partial charge is 0.354 e. The molecule has 1 aromatic carbocycles. The molecule has 1 fully saturated rings. The maximum atomic E-state index is 12.6. The first-order chi connectivity index (χ1) is 12.8. The summed E-state index contributed by atoms with van der Waals surface area (Å²) in [6.45, 7) is 2.88. The van der Waals surface area contributed by atoms with Crippen LogP contribution in [0.25, 0.3) is 11.0 Å². The summed E-state index contributed by atoms with van der Waals surface area (Å²) in [7, 11) is 0. The third-order valence-electron chi connectivity index (χ3n) is 4.81. The van der Waals surface area contributed by atoms with Crippen molar-refractivity contribution in [2.24, 2.45) is 5.92 Å². The van der Waals surface area contributed by atoms with E-state index in [1.54, 1.807) is 18.5 Å². The van der Waals surface area contributed by atoms with Crippen molar-refractivity contribution < 1.29 is 4.79 Å². The van der Waals surface area contributed by atoms with Gasteiger partial charge in [-0.05, 0) is 31.0 Å². The SMILES string of the molecule is O=C(NCCn1cnc2ccccc21)[C@H]1CCCN(c2ncccn2)C1. The van der Waals surface area contributed by atoms with Gasteiger partial charge in [0.05, 0.1) is 23.3 Å². The monoisotopic (exact) mass is 350 g/mol. The highest BCUT2D eigenvalue weighted by Crippen LogP contribution is 2.20. The second-order valence-electron chi connectivity index (χ2n) is 6.55. The number of nitrogens with zero attached hydrogens (tertiary/aromatic N) is 5. The summed E-state index contributed by atoms with van der Waals surface area (Å²) in [5, 5.41) is 3.07. The number of piperidine rings is 1. The van der Waals surface area contributed by atoms with Crippen molar-refractivity contribution in [3.8, 4) is 0 Å². The number of aromatic nitrogens is 4. The molecule has 1 amide bonds. The summed E-state index contributed by atoms with van der Waals surface area (Å²) in [6, 6.07) is 9.82. The van der Waals surface area contributed by atoms with Gasteiger partial charge in [0.25, 0.3) is 0 Å². The number of anilines is 1. The van der Waals surface area contributed by atoms with Gasteiger partial charge in [0.1, 0.15) is 0 Å². The molecule has 4 rings (SSSR count). The Labute approximate surface area is 152 Å². The molecule has 7 nitrogen and oxygen atoms in total. The van der Waals surface area contributed by atoms with Crippen LogP contribution in [0.1, 0.15) is 12.8 Å². The Kier molecular flexibility index (Phi) is 4.77. The number of carbonyl (C=O) groups excluding carboxylic acids is 1. The van der Waals surface area contributed by atoms with E-state index < -0.39 is 0 Å². The van der Waals surface area contributed by atoms with E-state index in [0.717, 1.165) is 30.4 Å². The van der Waals surface area contributed by atoms with Crippen molar-refractivity contribution in [3.05, 3.63) is 49.1 Å². The van der Waals surface area contributed by atoms with Crippen LogP contribution in [0.5, 0.6) is 0 Å². The number of amides is 1. The van der Waals surface area contributed by atoms with E-state index in [1.165, 1.54) is 0 Å². The topological polar surface area (TPSA) is 75.9 Å². The summed E-state index contributed by atoms with van der Waals surface area (Å²) < 4.78 is 2.07. The molecular formula is C19H22N6O. The lowest BCUT2D eigenvalue weighted by Gasteiger charge is -2.31. The first kappa shape index (κ1) is 16.5. The van der Waals surface area contributed by atoms with Crippen molar-refractivity contribution in [1.29, 1.82) is 0 Å². The molecule has 1 aliphatic heterocycles. The second kappa shape index (κ2) is 7.51. The van der Waals surface area contributed by atoms with E-state index in [-0.39, 0.29) is 11.8 Å². The summed E-state index contributed by atoms with van der Waals surface area (Å²) in [4.78, 5) is 27.6. The summed E-state index contributed by atoms with van der Waals surface area (Å²) in [6.07, 6.45) is 7.18. The number of nitrogens with one attached hydrogen (secondary N) is 1. The lowest BCUT2D eigenvalue weighted by molar-refractivity contribution is -0.125. The third kappa shape index (κ3) is 3.51. The van der Waals surface area contributed by atoms with Crippen molar-refractivity contribution in [2.45, 2.75) is 19.4 Å². The zero-order valence-electron chi connectivity index (χ0n) is 14.6. The van der Waals surface area contributed by atoms with Gasteiger partial charge < -0.3 is 14.8 Å². The van der Waals surface area contributed by atoms with E-state index in [1.807, 2.05) is 30.6 Å². The Hall–Kier alpha value is -2.96. The number of fused-ring (bicyclic) bond motifs is 1. The molecule has 0 unspecified atom stereocenters. The molecule has 3 heterocycles. The van der Waals surface area contributed by atoms with E-state index >= 15 is 0 Å². The number of hydrogen-bond acceptors (Lipinski definition) is 5. The number of imidazole rings is 1. The normalized spacial score (nSPS) is 17.4. The van der Waals surface area contributed by atoms with E-state index in [2.05, 4.69) is 29.7 Å². The average Bonchev–Trinajstić information content (AvgIpc) is 3.12. The number of benzene rings is 1. The molecule has 1 N–H and O–H groups in total. The molecule has 0 saturated carbocycles. The smallest absolute Gasteiger partial charge is 0.225 e. The standard InChI is InChI=1S/C19H22N6O/c26-18(15-5-3-11-24(13-15)19-21-8-4-9-22-19)20-10-12-25-14-23-16-6-1-2-7-17(16)25/h1-2,4,6-9,14-15H,3,5,10-13H2,(H,20,26)/t15-/m0/s1. The van der Waals surface area contributed by atoms with Crippen LogP contribution in [-0.4, -0.2) is 45.1 Å². The van der Waals surface area contributed by atoms with Gasteiger partial charge in [-0.1, -0.05) is 12.1 Å². The lowest BCUT2D eigenvalue weighted by Crippen LogP contribution is -2.44. The van der Waals surface area contributed by atoms with Gasteiger partial charge in [-0.2, -0.15) is 0 Å². The van der Waals surface area contributed by atoms with Gasteiger partial charge in [0.15, 0.2) is 0 Å². The molecule has 0 bridgehead atoms. The van der Waals surface area contributed by atoms with E-state index in [9.17, 15) is 4.79 Å². The van der Waals surface area contributed by atoms with Crippen LogP contribution in [0.2, 0.25) is 0 Å². The predicted octanol–water partition coefficient (Wildman–Crippen LogP) is 1.86. The highest BCUT2D eigenvalue weighted by Gasteiger charge is 2.26. The molecule has 0 spiro atoms. The molecule has 0 aliphatic carbocycles. The van der Waals surface area contributed by atoms with Crippen LogP contribution in [-0.2, 0) is 11.3 Å². The maximum absolute atomic E-state index is 12.6. The molecule has 26 heavy (non-hydrogen) atoms. The Morgan fingerprint density at radius 1 is 1.15 bits per heavy atom. The highest BCUT2D eigenvalue weighted by molar-refractivity contribution is 5.79. The Morgan fingerprint density at radius 3 is 2.88 bits per heavy atom. The van der Waals surface area contributed by atoms with Crippen molar-refractivity contribution >= 4 is 22.9 Å². The minimum atomic E-state index is -0.0212. The quantitative estimate of drug-likeness (QED) is 0.760. The molecule has 3 aromatic rings. The van der Waals surface area contributed by atoms with Crippen LogP contribution in [0.4, 0.5) is 5.95 Å². The van der Waals surface area contributed by atoms with Gasteiger partial charge in [-0.15, -0.1) is 0 Å². The Morgan fingerprint density at radius 2 is 2.00 bits per heavy atom. The molecule has 1 aliphatic rings. The fraction of sp³-hybridized carbons (Fsp3) is 0.368. The average molecular weight is 350 g/mol. The Balaban J connectivity index is 1.32.